The summed E-state index contributed by atoms with van der Waals surface area (Å²) in [6, 6.07) is 6.65. The van der Waals surface area contributed by atoms with Gasteiger partial charge < -0.3 is 19.9 Å². The van der Waals surface area contributed by atoms with Gasteiger partial charge >= 0.3 is 0 Å². The number of hydrogen-bond donors (Lipinski definition) is 1. The summed E-state index contributed by atoms with van der Waals surface area (Å²) in [5, 5.41) is 3.00. The number of nitrogens with one attached hydrogen (secondary N) is 1. The Kier molecular flexibility index (Phi) is 8.24. The average molecular weight is 565 g/mol. The van der Waals surface area contributed by atoms with Gasteiger partial charge in [0, 0.05) is 67.3 Å². The number of benzene rings is 2. The van der Waals surface area contributed by atoms with Gasteiger partial charge in [-0.1, -0.05) is 0 Å². The van der Waals surface area contributed by atoms with Crippen LogP contribution in [-0.4, -0.2) is 78.8 Å². The lowest BCUT2D eigenvalue weighted by Crippen LogP contribution is -2.55. The predicted octanol–water partition coefficient (Wildman–Crippen LogP) is 5.04. The van der Waals surface area contributed by atoms with Crippen LogP contribution in [0.5, 0.6) is 0 Å². The molecule has 3 heterocycles. The minimum Gasteiger partial charge on any atom is -0.375 e. The maximum Gasteiger partial charge on any atom is 0.255 e. The van der Waals surface area contributed by atoms with Crippen molar-refractivity contribution in [3.8, 4) is 11.1 Å². The Morgan fingerprint density at radius 1 is 0.951 bits per heavy atom. The lowest BCUT2D eigenvalue weighted by atomic mass is 10.0. The molecule has 3 aromatic rings. The molecule has 0 aliphatic carbocycles. The second-order valence-electron chi connectivity index (χ2n) is 11.4. The van der Waals surface area contributed by atoms with Crippen molar-refractivity contribution in [2.75, 3.05) is 55.0 Å². The molecule has 0 radical (unpaired) electrons. The summed E-state index contributed by atoms with van der Waals surface area (Å²) >= 11 is 0. The van der Waals surface area contributed by atoms with E-state index < -0.39 is 11.7 Å². The number of rotatable bonds is 5. The number of carbonyl (C=O) groups is 1. The van der Waals surface area contributed by atoms with Crippen molar-refractivity contribution in [2.24, 2.45) is 0 Å². The third-order valence-corrected chi connectivity index (χ3v) is 8.21. The molecule has 1 amide bonds. The molecule has 3 atom stereocenters. The maximum atomic E-state index is 15.8. The molecule has 2 aromatic carbocycles. The first-order chi connectivity index (χ1) is 19.5. The molecule has 2 aliphatic rings. The van der Waals surface area contributed by atoms with E-state index in [0.29, 0.717) is 72.4 Å². The Hall–Kier alpha value is -3.63. The van der Waals surface area contributed by atoms with Crippen LogP contribution in [0.4, 0.5) is 26.1 Å². The summed E-state index contributed by atoms with van der Waals surface area (Å²) < 4.78 is 35.7. The minimum atomic E-state index is -0.429. The first-order valence-corrected chi connectivity index (χ1v) is 14.1. The standard InChI is InChI=1S/C31H38F2N6O2/c1-18-9-23(10-19(2)29(18)33)30(40)36-27-11-25(24-13-34-31(35-14-24)38-7-8-41-22(5)17-38)26(32)12-28(27)39-15-20(3)37(6)21(4)16-39/h9-14,20-22H,7-8,15-17H2,1-6H3,(H,36,40). The largest absolute Gasteiger partial charge is 0.375 e. The summed E-state index contributed by atoms with van der Waals surface area (Å²) in [5.74, 6) is -0.584. The number of ether oxygens (including phenoxy) is 1. The predicted molar refractivity (Wildman–Crippen MR) is 158 cm³/mol. The fourth-order valence-corrected chi connectivity index (χ4v) is 5.64. The van der Waals surface area contributed by atoms with Gasteiger partial charge in [-0.05, 0) is 77.1 Å². The first-order valence-electron chi connectivity index (χ1n) is 14.1. The third-order valence-electron chi connectivity index (χ3n) is 8.21. The van der Waals surface area contributed by atoms with Crippen LogP contribution in [-0.2, 0) is 4.74 Å². The molecule has 3 unspecified atom stereocenters. The Bertz CT molecular complexity index is 1400. The number of morpholine rings is 1. The van der Waals surface area contributed by atoms with Crippen molar-refractivity contribution in [3.63, 3.8) is 0 Å². The van der Waals surface area contributed by atoms with E-state index in [4.69, 9.17) is 4.74 Å². The number of piperazine rings is 1. The van der Waals surface area contributed by atoms with Gasteiger partial charge in [0.05, 0.1) is 24.1 Å². The number of carbonyl (C=O) groups excluding carboxylic acids is 1. The fraction of sp³-hybridized carbons (Fsp3) is 0.452. The van der Waals surface area contributed by atoms with Crippen LogP contribution in [0.15, 0.2) is 36.7 Å². The average Bonchev–Trinajstić information content (AvgIpc) is 2.95. The molecule has 0 saturated carbocycles. The molecule has 218 valence electrons. The van der Waals surface area contributed by atoms with Crippen molar-refractivity contribution >= 4 is 23.2 Å². The summed E-state index contributed by atoms with van der Waals surface area (Å²) in [5.41, 5.74) is 2.98. The molecule has 2 aliphatic heterocycles. The number of aryl methyl sites for hydroxylation is 2. The number of halogens is 2. The maximum absolute atomic E-state index is 15.8. The van der Waals surface area contributed by atoms with Gasteiger partial charge in [0.15, 0.2) is 0 Å². The monoisotopic (exact) mass is 564 g/mol. The lowest BCUT2D eigenvalue weighted by Gasteiger charge is -2.44. The molecule has 5 rings (SSSR count). The van der Waals surface area contributed by atoms with E-state index in [-0.39, 0.29) is 29.6 Å². The van der Waals surface area contributed by atoms with E-state index >= 15 is 4.39 Å². The molecular weight excluding hydrogens is 526 g/mol. The number of likely N-dealkylation sites (N-methyl/N-ethyl adjacent to an activating group) is 1. The van der Waals surface area contributed by atoms with Crippen LogP contribution in [0.2, 0.25) is 0 Å². The molecule has 2 fully saturated rings. The number of nitrogens with zero attached hydrogens (tertiary/aromatic N) is 5. The molecule has 2 saturated heterocycles. The van der Waals surface area contributed by atoms with Crippen molar-refractivity contribution in [1.82, 2.24) is 14.9 Å². The van der Waals surface area contributed by atoms with Crippen LogP contribution in [0, 0.1) is 25.5 Å². The van der Waals surface area contributed by atoms with E-state index in [0.717, 1.165) is 0 Å². The third kappa shape index (κ3) is 6.04. The van der Waals surface area contributed by atoms with Crippen LogP contribution in [0.1, 0.15) is 42.3 Å². The van der Waals surface area contributed by atoms with Crippen LogP contribution in [0.3, 0.4) is 0 Å². The number of hydrogen-bond acceptors (Lipinski definition) is 7. The normalized spacial score (nSPS) is 21.7. The topological polar surface area (TPSA) is 73.8 Å². The number of aromatic nitrogens is 2. The van der Waals surface area contributed by atoms with Crippen molar-refractivity contribution in [3.05, 3.63) is 65.0 Å². The fourth-order valence-electron chi connectivity index (χ4n) is 5.64. The highest BCUT2D eigenvalue weighted by Gasteiger charge is 2.29. The van der Waals surface area contributed by atoms with E-state index in [1.54, 1.807) is 32.3 Å². The van der Waals surface area contributed by atoms with Gasteiger partial charge in [-0.3, -0.25) is 9.69 Å². The summed E-state index contributed by atoms with van der Waals surface area (Å²) in [4.78, 5) is 28.9. The molecule has 1 N–H and O–H groups in total. The van der Waals surface area contributed by atoms with Gasteiger partial charge in [0.1, 0.15) is 11.6 Å². The molecule has 0 spiro atoms. The zero-order chi connectivity index (χ0) is 29.4. The zero-order valence-electron chi connectivity index (χ0n) is 24.5. The Morgan fingerprint density at radius 3 is 2.20 bits per heavy atom. The van der Waals surface area contributed by atoms with Gasteiger partial charge in [-0.15, -0.1) is 0 Å². The molecule has 10 heteroatoms. The van der Waals surface area contributed by atoms with E-state index in [9.17, 15) is 9.18 Å². The second-order valence-corrected chi connectivity index (χ2v) is 11.4. The summed E-state index contributed by atoms with van der Waals surface area (Å²) in [6.45, 7) is 12.8. The van der Waals surface area contributed by atoms with E-state index in [1.165, 1.54) is 18.2 Å². The van der Waals surface area contributed by atoms with Gasteiger partial charge in [0.25, 0.3) is 5.91 Å². The Balaban J connectivity index is 1.51. The van der Waals surface area contributed by atoms with Crippen LogP contribution < -0.4 is 15.1 Å². The molecule has 41 heavy (non-hydrogen) atoms. The summed E-state index contributed by atoms with van der Waals surface area (Å²) in [6.07, 6.45) is 3.30. The van der Waals surface area contributed by atoms with Crippen LogP contribution in [0.25, 0.3) is 11.1 Å². The second kappa shape index (κ2) is 11.7. The first kappa shape index (κ1) is 28.9. The Labute approximate surface area is 240 Å². The number of anilines is 3. The van der Waals surface area contributed by atoms with Crippen molar-refractivity contribution in [1.29, 1.82) is 0 Å². The SMILES string of the molecule is Cc1cc(C(=O)Nc2cc(-c3cnc(N4CCOC(C)C4)nc3)c(F)cc2N2CC(C)N(C)C(C)C2)cc(C)c1F. The molecule has 8 nitrogen and oxygen atoms in total. The highest BCUT2D eigenvalue weighted by Crippen LogP contribution is 2.36. The highest BCUT2D eigenvalue weighted by atomic mass is 19.1. The molecule has 1 aromatic heterocycles. The van der Waals surface area contributed by atoms with Gasteiger partial charge in [-0.25, -0.2) is 18.7 Å². The van der Waals surface area contributed by atoms with E-state index in [2.05, 4.69) is 46.0 Å². The summed E-state index contributed by atoms with van der Waals surface area (Å²) in [7, 11) is 2.08. The van der Waals surface area contributed by atoms with Gasteiger partial charge in [-0.2, -0.15) is 0 Å². The van der Waals surface area contributed by atoms with Crippen LogP contribution >= 0.6 is 0 Å². The molecular formula is C31H38F2N6O2. The Morgan fingerprint density at radius 2 is 1.59 bits per heavy atom. The van der Waals surface area contributed by atoms with Crippen molar-refractivity contribution in [2.45, 2.75) is 52.8 Å². The van der Waals surface area contributed by atoms with Gasteiger partial charge in [0.2, 0.25) is 5.95 Å². The van der Waals surface area contributed by atoms with E-state index in [1.807, 2.05) is 11.8 Å². The highest BCUT2D eigenvalue weighted by molar-refractivity contribution is 6.06. The van der Waals surface area contributed by atoms with Crippen molar-refractivity contribution < 1.29 is 18.3 Å². The quantitative estimate of drug-likeness (QED) is 0.465. The smallest absolute Gasteiger partial charge is 0.255 e. The lowest BCUT2D eigenvalue weighted by molar-refractivity contribution is 0.0526. The zero-order valence-corrected chi connectivity index (χ0v) is 24.5. The minimum absolute atomic E-state index is 0.0804. The molecule has 0 bridgehead atoms. The number of amides is 1.